The average molecular weight is 268 g/mol. The van der Waals surface area contributed by atoms with Crippen molar-refractivity contribution in [2.45, 2.75) is 53.1 Å². The van der Waals surface area contributed by atoms with Crippen molar-refractivity contribution in [2.24, 2.45) is 16.3 Å². The van der Waals surface area contributed by atoms with Crippen LogP contribution in [0.1, 0.15) is 41.0 Å². The molecular weight excluding hydrogens is 243 g/mol. The van der Waals surface area contributed by atoms with Gasteiger partial charge in [0.25, 0.3) is 0 Å². The van der Waals surface area contributed by atoms with Crippen molar-refractivity contribution < 1.29 is 14.6 Å². The van der Waals surface area contributed by atoms with E-state index >= 15 is 0 Å². The Morgan fingerprint density at radius 3 is 2.37 bits per heavy atom. The van der Waals surface area contributed by atoms with E-state index < -0.39 is 6.04 Å². The SMILES string of the molecule is CC(C)CC(CO)NC(=O)C(N=CB=O)C(C)(C)C. The van der Waals surface area contributed by atoms with Crippen LogP contribution in [0, 0.1) is 11.3 Å². The molecule has 0 aliphatic rings. The number of aliphatic hydroxyl groups excluding tert-OH is 1. The second-order valence-corrected chi connectivity index (χ2v) is 6.22. The molecule has 2 atom stereocenters. The van der Waals surface area contributed by atoms with Gasteiger partial charge in [-0.2, -0.15) is 0 Å². The Hall–Kier alpha value is -1.04. The van der Waals surface area contributed by atoms with Crippen LogP contribution in [0.4, 0.5) is 0 Å². The summed E-state index contributed by atoms with van der Waals surface area (Å²) in [6.07, 6.45) is 1.81. The number of aliphatic imine (C=N–C) groups is 1. The molecule has 0 aliphatic heterocycles. The molecule has 0 bridgehead atoms. The average Bonchev–Trinajstić information content (AvgIpc) is 2.26. The van der Waals surface area contributed by atoms with E-state index in [9.17, 15) is 14.6 Å². The number of nitrogens with one attached hydrogen (secondary N) is 1. The van der Waals surface area contributed by atoms with Gasteiger partial charge >= 0.3 is 115 Å². The van der Waals surface area contributed by atoms with Crippen molar-refractivity contribution in [1.82, 2.24) is 5.32 Å². The Bertz CT molecular complexity index is 324. The second-order valence-electron chi connectivity index (χ2n) is 6.22. The molecular formula is C13H25BN2O3. The molecule has 5 nitrogen and oxygen atoms in total. The minimum absolute atomic E-state index is 0.0990. The molecule has 0 aromatic heterocycles. The van der Waals surface area contributed by atoms with Gasteiger partial charge in [0.15, 0.2) is 0 Å². The van der Waals surface area contributed by atoms with Crippen molar-refractivity contribution in [1.29, 1.82) is 0 Å². The van der Waals surface area contributed by atoms with Gasteiger partial charge in [0.2, 0.25) is 0 Å². The fourth-order valence-electron chi connectivity index (χ4n) is 1.83. The van der Waals surface area contributed by atoms with Gasteiger partial charge in [-0.25, -0.2) is 0 Å². The van der Waals surface area contributed by atoms with E-state index in [0.717, 1.165) is 6.11 Å². The zero-order valence-electron chi connectivity index (χ0n) is 12.5. The van der Waals surface area contributed by atoms with Crippen LogP contribution in [0.15, 0.2) is 4.99 Å². The molecule has 0 saturated carbocycles. The van der Waals surface area contributed by atoms with Crippen molar-refractivity contribution >= 4 is 19.2 Å². The third-order valence-corrected chi connectivity index (χ3v) is 2.69. The molecule has 0 aliphatic carbocycles. The quantitative estimate of drug-likeness (QED) is 0.534. The van der Waals surface area contributed by atoms with Gasteiger partial charge in [0.05, 0.1) is 0 Å². The second kappa shape index (κ2) is 8.20. The van der Waals surface area contributed by atoms with Gasteiger partial charge in [-0.05, 0) is 0 Å². The molecule has 0 rings (SSSR count). The molecule has 0 heterocycles. The number of carbonyl (C=O) groups is 1. The molecule has 0 aromatic carbocycles. The number of rotatable bonds is 7. The summed E-state index contributed by atoms with van der Waals surface area (Å²) in [5.41, 5.74) is -0.387. The monoisotopic (exact) mass is 268 g/mol. The van der Waals surface area contributed by atoms with E-state index in [0.29, 0.717) is 19.5 Å². The molecule has 108 valence electrons. The Labute approximate surface area is 116 Å². The third-order valence-electron chi connectivity index (χ3n) is 2.69. The Morgan fingerprint density at radius 2 is 2.00 bits per heavy atom. The van der Waals surface area contributed by atoms with Crippen LogP contribution < -0.4 is 5.32 Å². The van der Waals surface area contributed by atoms with Gasteiger partial charge in [0.1, 0.15) is 0 Å². The zero-order chi connectivity index (χ0) is 15.1. The van der Waals surface area contributed by atoms with Crippen LogP contribution >= 0.6 is 0 Å². The van der Waals surface area contributed by atoms with Gasteiger partial charge in [-0.3, -0.25) is 0 Å². The van der Waals surface area contributed by atoms with E-state index in [4.69, 9.17) is 0 Å². The van der Waals surface area contributed by atoms with Crippen LogP contribution in [-0.4, -0.2) is 43.0 Å². The zero-order valence-corrected chi connectivity index (χ0v) is 12.5. The van der Waals surface area contributed by atoms with Gasteiger partial charge in [-0.15, -0.1) is 0 Å². The third kappa shape index (κ3) is 7.20. The summed E-state index contributed by atoms with van der Waals surface area (Å²) >= 11 is 0. The van der Waals surface area contributed by atoms with Crippen molar-refractivity contribution in [3.63, 3.8) is 0 Å². The standard InChI is InChI=1S/C13H25BN2O3/c1-9(2)6-10(7-17)16-12(18)11(13(3,4)5)15-8-14-19/h8-11,17H,6-7H2,1-5H3,(H,16,18). The minimum atomic E-state index is -0.640. The first kappa shape index (κ1) is 18.0. The summed E-state index contributed by atoms with van der Waals surface area (Å²) in [6.45, 7) is 9.61. The van der Waals surface area contributed by atoms with Crippen LogP contribution in [0.25, 0.3) is 0 Å². The predicted octanol–water partition coefficient (Wildman–Crippen LogP) is 1.00. The van der Waals surface area contributed by atoms with E-state index in [1.54, 1.807) is 0 Å². The Morgan fingerprint density at radius 1 is 1.42 bits per heavy atom. The van der Waals surface area contributed by atoms with E-state index in [1.165, 1.54) is 0 Å². The number of nitrogens with zero attached hydrogens (tertiary/aromatic N) is 1. The van der Waals surface area contributed by atoms with Crippen LogP contribution in [0.3, 0.4) is 0 Å². The molecule has 0 saturated heterocycles. The molecule has 2 unspecified atom stereocenters. The van der Waals surface area contributed by atoms with Crippen molar-refractivity contribution in [3.8, 4) is 0 Å². The molecule has 0 aromatic rings. The normalized spacial score (nSPS) is 15.3. The first-order valence-electron chi connectivity index (χ1n) is 6.60. The summed E-state index contributed by atoms with van der Waals surface area (Å²) in [4.78, 5) is 16.2. The number of carbonyl (C=O) groups excluding carboxylic acids is 1. The van der Waals surface area contributed by atoms with Crippen molar-refractivity contribution in [3.05, 3.63) is 0 Å². The van der Waals surface area contributed by atoms with Crippen LogP contribution in [0.5, 0.6) is 0 Å². The Balaban J connectivity index is 4.80. The number of hydrogen-bond acceptors (Lipinski definition) is 4. The summed E-state index contributed by atoms with van der Waals surface area (Å²) in [7, 11) is 0.559. The summed E-state index contributed by atoms with van der Waals surface area (Å²) in [5.74, 6) is 0.120. The first-order chi connectivity index (χ1) is 8.72. The summed E-state index contributed by atoms with van der Waals surface area (Å²) < 4.78 is 10.4. The topological polar surface area (TPSA) is 78.8 Å². The Kier molecular flexibility index (Phi) is 7.75. The van der Waals surface area contributed by atoms with E-state index in [2.05, 4.69) is 10.3 Å². The number of amides is 1. The summed E-state index contributed by atoms with van der Waals surface area (Å²) in [5, 5.41) is 12.1. The fraction of sp³-hybridized carbons (Fsp3) is 0.846. The maximum absolute atomic E-state index is 12.2. The van der Waals surface area contributed by atoms with Gasteiger partial charge < -0.3 is 0 Å². The first-order valence-corrected chi connectivity index (χ1v) is 6.60. The fourth-order valence-corrected chi connectivity index (χ4v) is 1.83. The molecule has 6 heteroatoms. The van der Waals surface area contributed by atoms with Crippen molar-refractivity contribution in [2.75, 3.05) is 6.61 Å². The predicted molar refractivity (Wildman–Crippen MR) is 76.6 cm³/mol. The maximum atomic E-state index is 12.2. The molecule has 19 heavy (non-hydrogen) atoms. The molecule has 2 N–H and O–H groups in total. The summed E-state index contributed by atoms with van der Waals surface area (Å²) in [6, 6.07) is -0.914. The van der Waals surface area contributed by atoms with E-state index in [-0.39, 0.29) is 24.0 Å². The van der Waals surface area contributed by atoms with Crippen LogP contribution in [-0.2, 0) is 9.50 Å². The van der Waals surface area contributed by atoms with Gasteiger partial charge in [0, 0.05) is 0 Å². The number of aliphatic hydroxyl groups is 1. The van der Waals surface area contributed by atoms with Crippen LogP contribution in [0.2, 0.25) is 0 Å². The molecule has 0 spiro atoms. The van der Waals surface area contributed by atoms with E-state index in [1.807, 2.05) is 34.6 Å². The molecule has 0 fully saturated rings. The molecule has 0 radical (unpaired) electrons. The van der Waals surface area contributed by atoms with Gasteiger partial charge in [-0.1, -0.05) is 0 Å². The molecule has 1 amide bonds. The number of hydrogen-bond donors (Lipinski definition) is 2.